The number of carbonyl (C=O) groups is 1. The summed E-state index contributed by atoms with van der Waals surface area (Å²) in [5.74, 6) is 1.93. The Morgan fingerprint density at radius 2 is 2.00 bits per heavy atom. The van der Waals surface area contributed by atoms with Crippen LogP contribution in [0.1, 0.15) is 39.0 Å². The van der Waals surface area contributed by atoms with Gasteiger partial charge in [-0.1, -0.05) is 6.42 Å². The summed E-state index contributed by atoms with van der Waals surface area (Å²) in [7, 11) is 0. The molecule has 0 radical (unpaired) electrons. The van der Waals surface area contributed by atoms with Crippen molar-refractivity contribution in [2.75, 3.05) is 33.0 Å². The number of likely N-dealkylation sites (tertiary alicyclic amines) is 1. The Balaban J connectivity index is 1.25. The smallest absolute Gasteiger partial charge is 0.260 e. The number of fused-ring (bicyclic) bond motifs is 1. The molecule has 0 bridgehead atoms. The zero-order valence-electron chi connectivity index (χ0n) is 15.5. The molecule has 1 N–H and O–H groups in total. The molecule has 2 heterocycles. The van der Waals surface area contributed by atoms with Gasteiger partial charge >= 0.3 is 0 Å². The zero-order chi connectivity index (χ0) is 18.0. The number of rotatable bonds is 7. The van der Waals surface area contributed by atoms with Crippen LogP contribution in [0.15, 0.2) is 18.2 Å². The highest BCUT2D eigenvalue weighted by atomic mass is 16.7. The topological polar surface area (TPSA) is 60.0 Å². The van der Waals surface area contributed by atoms with Crippen LogP contribution in [0.25, 0.3) is 0 Å². The van der Waals surface area contributed by atoms with Gasteiger partial charge in [-0.3, -0.25) is 4.79 Å². The van der Waals surface area contributed by atoms with Crippen molar-refractivity contribution in [1.29, 1.82) is 0 Å². The summed E-state index contributed by atoms with van der Waals surface area (Å²) >= 11 is 0. The minimum absolute atomic E-state index is 0.0624. The molecule has 1 saturated heterocycles. The van der Waals surface area contributed by atoms with E-state index >= 15 is 0 Å². The van der Waals surface area contributed by atoms with Crippen LogP contribution in [0, 0.1) is 5.41 Å². The first-order chi connectivity index (χ1) is 12.6. The number of nitrogens with zero attached hydrogens (tertiary/aromatic N) is 1. The molecular weight excluding hydrogens is 332 g/mol. The summed E-state index contributed by atoms with van der Waals surface area (Å²) in [5.41, 5.74) is 0.283. The van der Waals surface area contributed by atoms with E-state index in [1.54, 1.807) is 25.1 Å². The van der Waals surface area contributed by atoms with Crippen molar-refractivity contribution >= 4 is 5.91 Å². The van der Waals surface area contributed by atoms with Gasteiger partial charge in [0.25, 0.3) is 5.91 Å². The van der Waals surface area contributed by atoms with E-state index in [2.05, 4.69) is 10.2 Å². The van der Waals surface area contributed by atoms with Crippen LogP contribution in [0.5, 0.6) is 17.2 Å². The SMILES string of the molecule is CC(Oc1ccc2c(c1)OCO2)C(=O)NCC1(CN2CCCCC2)CC1. The summed E-state index contributed by atoms with van der Waals surface area (Å²) in [6, 6.07) is 5.38. The molecule has 1 amide bonds. The van der Waals surface area contributed by atoms with Gasteiger partial charge in [-0.15, -0.1) is 0 Å². The molecule has 1 unspecified atom stereocenters. The van der Waals surface area contributed by atoms with Gasteiger partial charge in [-0.05, 0) is 57.8 Å². The second kappa shape index (κ2) is 7.35. The highest BCUT2D eigenvalue weighted by Crippen LogP contribution is 2.46. The summed E-state index contributed by atoms with van der Waals surface area (Å²) in [4.78, 5) is 15.0. The minimum Gasteiger partial charge on any atom is -0.481 e. The first-order valence-corrected chi connectivity index (χ1v) is 9.70. The molecule has 26 heavy (non-hydrogen) atoms. The van der Waals surface area contributed by atoms with E-state index in [1.807, 2.05) is 0 Å². The van der Waals surface area contributed by atoms with E-state index in [4.69, 9.17) is 14.2 Å². The molecule has 4 rings (SSSR count). The predicted octanol–water partition coefficient (Wildman–Crippen LogP) is 2.56. The number of ether oxygens (including phenoxy) is 3. The standard InChI is InChI=1S/C20H28N2O4/c1-15(26-16-5-6-17-18(11-16)25-14-24-17)19(23)21-12-20(7-8-20)13-22-9-3-2-4-10-22/h5-6,11,15H,2-4,7-10,12-14H2,1H3,(H,21,23). The largest absolute Gasteiger partial charge is 0.481 e. The summed E-state index contributed by atoms with van der Waals surface area (Å²) < 4.78 is 16.4. The van der Waals surface area contributed by atoms with Gasteiger partial charge in [0, 0.05) is 24.6 Å². The van der Waals surface area contributed by atoms with Gasteiger partial charge in [0.2, 0.25) is 6.79 Å². The molecule has 6 nitrogen and oxygen atoms in total. The lowest BCUT2D eigenvalue weighted by molar-refractivity contribution is -0.127. The maximum atomic E-state index is 12.4. The van der Waals surface area contributed by atoms with Gasteiger partial charge in [-0.2, -0.15) is 0 Å². The van der Waals surface area contributed by atoms with Gasteiger partial charge < -0.3 is 24.4 Å². The van der Waals surface area contributed by atoms with Crippen molar-refractivity contribution in [3.63, 3.8) is 0 Å². The molecule has 1 saturated carbocycles. The monoisotopic (exact) mass is 360 g/mol. The van der Waals surface area contributed by atoms with Crippen LogP contribution in [-0.4, -0.2) is 49.9 Å². The summed E-state index contributed by atoms with van der Waals surface area (Å²) in [5, 5.41) is 3.10. The Bertz CT molecular complexity index is 653. The second-order valence-corrected chi connectivity index (χ2v) is 7.83. The molecule has 1 aromatic rings. The summed E-state index contributed by atoms with van der Waals surface area (Å²) in [6.45, 7) is 6.29. The number of amides is 1. The maximum absolute atomic E-state index is 12.4. The number of nitrogens with one attached hydrogen (secondary N) is 1. The maximum Gasteiger partial charge on any atom is 0.260 e. The first kappa shape index (κ1) is 17.5. The van der Waals surface area contributed by atoms with E-state index in [-0.39, 0.29) is 18.1 Å². The molecule has 6 heteroatoms. The number of hydrogen-bond donors (Lipinski definition) is 1. The molecular formula is C20H28N2O4. The van der Waals surface area contributed by atoms with Gasteiger partial charge in [0.1, 0.15) is 5.75 Å². The van der Waals surface area contributed by atoms with Crippen LogP contribution in [0.4, 0.5) is 0 Å². The van der Waals surface area contributed by atoms with E-state index in [0.717, 1.165) is 13.1 Å². The third kappa shape index (κ3) is 4.06. The Kier molecular flexibility index (Phi) is 4.94. The zero-order valence-corrected chi connectivity index (χ0v) is 15.5. The van der Waals surface area contributed by atoms with Gasteiger partial charge in [-0.25, -0.2) is 0 Å². The highest BCUT2D eigenvalue weighted by molar-refractivity contribution is 5.80. The molecule has 2 aliphatic heterocycles. The fraction of sp³-hybridized carbons (Fsp3) is 0.650. The van der Waals surface area contributed by atoms with Crippen molar-refractivity contribution in [1.82, 2.24) is 10.2 Å². The average molecular weight is 360 g/mol. The highest BCUT2D eigenvalue weighted by Gasteiger charge is 2.44. The average Bonchev–Trinajstić information content (AvgIpc) is 3.25. The summed E-state index contributed by atoms with van der Waals surface area (Å²) in [6.07, 6.45) is 5.85. The van der Waals surface area contributed by atoms with Crippen LogP contribution in [-0.2, 0) is 4.79 Å². The fourth-order valence-corrected chi connectivity index (χ4v) is 3.79. The first-order valence-electron chi connectivity index (χ1n) is 9.70. The van der Waals surface area contributed by atoms with Crippen molar-refractivity contribution in [3.05, 3.63) is 18.2 Å². The fourth-order valence-electron chi connectivity index (χ4n) is 3.79. The van der Waals surface area contributed by atoms with E-state index < -0.39 is 6.10 Å². The van der Waals surface area contributed by atoms with Gasteiger partial charge in [0.05, 0.1) is 0 Å². The molecule has 1 atom stereocenters. The van der Waals surface area contributed by atoms with Crippen molar-refractivity contribution in [3.8, 4) is 17.2 Å². The normalized spacial score (nSPS) is 21.9. The molecule has 1 aromatic carbocycles. The van der Waals surface area contributed by atoms with Crippen LogP contribution >= 0.6 is 0 Å². The minimum atomic E-state index is -0.541. The van der Waals surface area contributed by atoms with Gasteiger partial charge in [0.15, 0.2) is 17.6 Å². The van der Waals surface area contributed by atoms with Crippen molar-refractivity contribution in [2.45, 2.75) is 45.1 Å². The lowest BCUT2D eigenvalue weighted by Gasteiger charge is -2.30. The number of benzene rings is 1. The van der Waals surface area contributed by atoms with E-state index in [1.165, 1.54) is 45.2 Å². The van der Waals surface area contributed by atoms with Crippen molar-refractivity contribution < 1.29 is 19.0 Å². The Labute approximate surface area is 154 Å². The Hall–Kier alpha value is -1.95. The number of carbonyl (C=O) groups excluding carboxylic acids is 1. The quantitative estimate of drug-likeness (QED) is 0.810. The third-order valence-corrected chi connectivity index (χ3v) is 5.63. The molecule has 2 fully saturated rings. The lowest BCUT2D eigenvalue weighted by atomic mass is 10.0. The second-order valence-electron chi connectivity index (χ2n) is 7.83. The lowest BCUT2D eigenvalue weighted by Crippen LogP contribution is -2.43. The predicted molar refractivity (Wildman–Crippen MR) is 97.6 cm³/mol. The Morgan fingerprint density at radius 3 is 2.77 bits per heavy atom. The van der Waals surface area contributed by atoms with Crippen LogP contribution in [0.2, 0.25) is 0 Å². The molecule has 3 aliphatic rings. The van der Waals surface area contributed by atoms with Crippen LogP contribution in [0.3, 0.4) is 0 Å². The molecule has 142 valence electrons. The molecule has 0 spiro atoms. The molecule has 1 aliphatic carbocycles. The number of hydrogen-bond acceptors (Lipinski definition) is 5. The third-order valence-electron chi connectivity index (χ3n) is 5.63. The van der Waals surface area contributed by atoms with E-state index in [9.17, 15) is 4.79 Å². The molecule has 0 aromatic heterocycles. The number of piperidine rings is 1. The van der Waals surface area contributed by atoms with Crippen molar-refractivity contribution in [2.24, 2.45) is 5.41 Å². The Morgan fingerprint density at radius 1 is 1.23 bits per heavy atom. The van der Waals surface area contributed by atoms with Crippen LogP contribution < -0.4 is 19.5 Å². The van der Waals surface area contributed by atoms with E-state index in [0.29, 0.717) is 17.2 Å².